The van der Waals surface area contributed by atoms with Crippen molar-refractivity contribution >= 4 is 23.5 Å². The molecule has 2 N–H and O–H groups in total. The molecule has 5 heteroatoms. The van der Waals surface area contributed by atoms with Crippen LogP contribution in [0.25, 0.3) is 0 Å². The van der Waals surface area contributed by atoms with E-state index in [0.29, 0.717) is 5.95 Å². The summed E-state index contributed by atoms with van der Waals surface area (Å²) in [5.41, 5.74) is 6.60. The van der Waals surface area contributed by atoms with Crippen molar-refractivity contribution in [3.8, 4) is 0 Å². The summed E-state index contributed by atoms with van der Waals surface area (Å²) in [7, 11) is 2.02. The van der Waals surface area contributed by atoms with Crippen LogP contribution in [0.2, 0.25) is 0 Å². The molecule has 0 aromatic carbocycles. The van der Waals surface area contributed by atoms with Crippen LogP contribution >= 0.6 is 11.8 Å². The smallest absolute Gasteiger partial charge is 0.221 e. The van der Waals surface area contributed by atoms with Gasteiger partial charge in [0.2, 0.25) is 5.95 Å². The third-order valence-electron chi connectivity index (χ3n) is 1.96. The van der Waals surface area contributed by atoms with Gasteiger partial charge in [0.05, 0.1) is 0 Å². The fourth-order valence-electron chi connectivity index (χ4n) is 1.17. The first-order valence-electron chi connectivity index (χ1n) is 4.44. The van der Waals surface area contributed by atoms with E-state index >= 15 is 0 Å². The number of aryl methyl sites for hydroxylation is 1. The summed E-state index contributed by atoms with van der Waals surface area (Å²) in [6.45, 7) is 2.96. The summed E-state index contributed by atoms with van der Waals surface area (Å²) in [5, 5.41) is 0. The van der Waals surface area contributed by atoms with Crippen LogP contribution in [0.5, 0.6) is 0 Å². The SMILES string of the molecule is CSCCN(C)c1nc(N)ncc1C. The molecule has 0 bridgehead atoms. The summed E-state index contributed by atoms with van der Waals surface area (Å²) in [5.74, 6) is 2.34. The summed E-state index contributed by atoms with van der Waals surface area (Å²) in [6.07, 6.45) is 3.85. The molecule has 0 saturated heterocycles. The van der Waals surface area contributed by atoms with E-state index in [9.17, 15) is 0 Å². The third kappa shape index (κ3) is 2.77. The molecule has 0 atom stereocenters. The Morgan fingerprint density at radius 3 is 2.93 bits per heavy atom. The van der Waals surface area contributed by atoms with Crippen LogP contribution in [-0.2, 0) is 0 Å². The highest BCUT2D eigenvalue weighted by atomic mass is 32.2. The number of hydrogen-bond acceptors (Lipinski definition) is 5. The minimum atomic E-state index is 0.335. The summed E-state index contributed by atoms with van der Waals surface area (Å²) < 4.78 is 0. The van der Waals surface area contributed by atoms with E-state index in [0.717, 1.165) is 23.7 Å². The van der Waals surface area contributed by atoms with E-state index in [2.05, 4.69) is 21.1 Å². The quantitative estimate of drug-likeness (QED) is 0.812. The second kappa shape index (κ2) is 5.05. The van der Waals surface area contributed by atoms with Gasteiger partial charge in [0.1, 0.15) is 5.82 Å². The van der Waals surface area contributed by atoms with Crippen molar-refractivity contribution in [2.45, 2.75) is 6.92 Å². The van der Waals surface area contributed by atoms with Gasteiger partial charge in [0.15, 0.2) is 0 Å². The van der Waals surface area contributed by atoms with Gasteiger partial charge in [0.25, 0.3) is 0 Å². The van der Waals surface area contributed by atoms with E-state index in [1.54, 1.807) is 6.20 Å². The number of nitrogens with zero attached hydrogens (tertiary/aromatic N) is 3. The fraction of sp³-hybridized carbons (Fsp3) is 0.556. The van der Waals surface area contributed by atoms with E-state index < -0.39 is 0 Å². The maximum absolute atomic E-state index is 5.54. The van der Waals surface area contributed by atoms with Crippen LogP contribution in [-0.4, -0.2) is 35.6 Å². The molecule has 0 fully saturated rings. The van der Waals surface area contributed by atoms with Gasteiger partial charge in [-0.05, 0) is 13.2 Å². The molecule has 0 aliphatic rings. The highest BCUT2D eigenvalue weighted by Crippen LogP contribution is 2.15. The van der Waals surface area contributed by atoms with Crippen LogP contribution < -0.4 is 10.6 Å². The Morgan fingerprint density at radius 1 is 1.57 bits per heavy atom. The topological polar surface area (TPSA) is 55.0 Å². The van der Waals surface area contributed by atoms with Crippen LogP contribution in [0.1, 0.15) is 5.56 Å². The minimum absolute atomic E-state index is 0.335. The van der Waals surface area contributed by atoms with Crippen molar-refractivity contribution in [1.29, 1.82) is 0 Å². The lowest BCUT2D eigenvalue weighted by Crippen LogP contribution is -2.22. The van der Waals surface area contributed by atoms with Crippen molar-refractivity contribution < 1.29 is 0 Å². The lowest BCUT2D eigenvalue weighted by molar-refractivity contribution is 0.929. The summed E-state index contributed by atoms with van der Waals surface area (Å²) in [4.78, 5) is 10.2. The van der Waals surface area contributed by atoms with Gasteiger partial charge in [-0.25, -0.2) is 4.98 Å². The maximum Gasteiger partial charge on any atom is 0.221 e. The Morgan fingerprint density at radius 2 is 2.29 bits per heavy atom. The van der Waals surface area contributed by atoms with Crippen molar-refractivity contribution in [2.24, 2.45) is 0 Å². The largest absolute Gasteiger partial charge is 0.368 e. The number of nitrogen functional groups attached to an aromatic ring is 1. The molecule has 0 radical (unpaired) electrons. The predicted molar refractivity (Wildman–Crippen MR) is 62.8 cm³/mol. The number of aromatic nitrogens is 2. The van der Waals surface area contributed by atoms with Crippen LogP contribution in [0.3, 0.4) is 0 Å². The lowest BCUT2D eigenvalue weighted by atomic mass is 10.3. The Labute approximate surface area is 88.9 Å². The van der Waals surface area contributed by atoms with Crippen LogP contribution in [0.4, 0.5) is 11.8 Å². The average Bonchev–Trinajstić information content (AvgIpc) is 2.18. The van der Waals surface area contributed by atoms with Gasteiger partial charge < -0.3 is 10.6 Å². The molecule has 1 rings (SSSR count). The first-order valence-corrected chi connectivity index (χ1v) is 5.83. The molecular formula is C9H16N4S. The van der Waals surface area contributed by atoms with Crippen molar-refractivity contribution in [2.75, 3.05) is 36.2 Å². The molecule has 0 spiro atoms. The average molecular weight is 212 g/mol. The molecule has 14 heavy (non-hydrogen) atoms. The Bertz CT molecular complexity index is 303. The molecule has 0 aliphatic heterocycles. The molecular weight excluding hydrogens is 196 g/mol. The van der Waals surface area contributed by atoms with Gasteiger partial charge in [-0.3, -0.25) is 0 Å². The third-order valence-corrected chi connectivity index (χ3v) is 2.55. The minimum Gasteiger partial charge on any atom is -0.368 e. The Kier molecular flexibility index (Phi) is 4.00. The maximum atomic E-state index is 5.54. The summed E-state index contributed by atoms with van der Waals surface area (Å²) >= 11 is 1.82. The van der Waals surface area contributed by atoms with Crippen molar-refractivity contribution in [1.82, 2.24) is 9.97 Å². The van der Waals surface area contributed by atoms with Gasteiger partial charge in [-0.2, -0.15) is 16.7 Å². The second-order valence-electron chi connectivity index (χ2n) is 3.15. The molecule has 0 amide bonds. The monoisotopic (exact) mass is 212 g/mol. The number of anilines is 2. The fourth-order valence-corrected chi connectivity index (χ4v) is 1.62. The Balaban J connectivity index is 2.77. The molecule has 0 aliphatic carbocycles. The van der Waals surface area contributed by atoms with Gasteiger partial charge in [-0.1, -0.05) is 0 Å². The highest BCUT2D eigenvalue weighted by Gasteiger charge is 2.06. The highest BCUT2D eigenvalue weighted by molar-refractivity contribution is 7.98. The molecule has 1 aromatic heterocycles. The van der Waals surface area contributed by atoms with Gasteiger partial charge >= 0.3 is 0 Å². The van der Waals surface area contributed by atoms with E-state index in [-0.39, 0.29) is 0 Å². The molecule has 0 saturated carbocycles. The van der Waals surface area contributed by atoms with E-state index in [1.165, 1.54) is 0 Å². The second-order valence-corrected chi connectivity index (χ2v) is 4.13. The predicted octanol–water partition coefficient (Wildman–Crippen LogP) is 1.17. The zero-order valence-electron chi connectivity index (χ0n) is 8.82. The van der Waals surface area contributed by atoms with Crippen molar-refractivity contribution in [3.63, 3.8) is 0 Å². The van der Waals surface area contributed by atoms with Crippen LogP contribution in [0, 0.1) is 6.92 Å². The Hall–Kier alpha value is -0.970. The summed E-state index contributed by atoms with van der Waals surface area (Å²) in [6, 6.07) is 0. The number of hydrogen-bond donors (Lipinski definition) is 1. The van der Waals surface area contributed by atoms with Gasteiger partial charge in [0, 0.05) is 31.1 Å². The van der Waals surface area contributed by atoms with E-state index in [4.69, 9.17) is 5.73 Å². The van der Waals surface area contributed by atoms with E-state index in [1.807, 2.05) is 25.7 Å². The number of thioether (sulfide) groups is 1. The number of rotatable bonds is 4. The van der Waals surface area contributed by atoms with Gasteiger partial charge in [-0.15, -0.1) is 0 Å². The molecule has 78 valence electrons. The van der Waals surface area contributed by atoms with Crippen LogP contribution in [0.15, 0.2) is 6.20 Å². The molecule has 4 nitrogen and oxygen atoms in total. The standard InChI is InChI=1S/C9H16N4S/c1-7-6-11-9(10)12-8(7)13(2)4-5-14-3/h6H,4-5H2,1-3H3,(H2,10,11,12). The lowest BCUT2D eigenvalue weighted by Gasteiger charge is -2.19. The zero-order chi connectivity index (χ0) is 10.6. The molecule has 0 unspecified atom stereocenters. The first-order chi connectivity index (χ1) is 6.65. The zero-order valence-corrected chi connectivity index (χ0v) is 9.64. The molecule has 1 heterocycles. The number of nitrogens with two attached hydrogens (primary N) is 1. The molecule has 1 aromatic rings. The first kappa shape index (κ1) is 11.1. The van der Waals surface area contributed by atoms with Crippen molar-refractivity contribution in [3.05, 3.63) is 11.8 Å². The normalized spacial score (nSPS) is 10.2.